The molecule has 130 valence electrons. The van der Waals surface area contributed by atoms with E-state index in [1.165, 1.54) is 36.4 Å². The van der Waals surface area contributed by atoms with Gasteiger partial charge in [0.15, 0.2) is 0 Å². The molecule has 0 amide bonds. The first-order chi connectivity index (χ1) is 11.7. The highest BCUT2D eigenvalue weighted by atomic mass is 19.4. The van der Waals surface area contributed by atoms with Crippen molar-refractivity contribution in [2.75, 3.05) is 0 Å². The molecule has 0 bridgehead atoms. The lowest BCUT2D eigenvalue weighted by Crippen LogP contribution is -2.24. The second kappa shape index (κ2) is 7.16. The molecule has 0 aliphatic heterocycles. The van der Waals surface area contributed by atoms with Gasteiger partial charge in [-0.1, -0.05) is 24.3 Å². The number of carbonyl (C=O) groups is 3. The maximum Gasteiger partial charge on any atom is 0.455 e. The van der Waals surface area contributed by atoms with Gasteiger partial charge in [0, 0.05) is 6.92 Å². The molecule has 8 heteroatoms. The van der Waals surface area contributed by atoms with E-state index in [0.29, 0.717) is 0 Å². The first-order valence-electron chi connectivity index (χ1n) is 6.90. The molecule has 0 aromatic heterocycles. The molecule has 0 saturated heterocycles. The fourth-order valence-electron chi connectivity index (χ4n) is 1.93. The van der Waals surface area contributed by atoms with Crippen molar-refractivity contribution >= 4 is 17.7 Å². The largest absolute Gasteiger partial charge is 0.455 e. The first kappa shape index (κ1) is 18.2. The van der Waals surface area contributed by atoms with Gasteiger partial charge >= 0.3 is 18.1 Å². The van der Waals surface area contributed by atoms with Gasteiger partial charge in [0.25, 0.3) is 5.78 Å². The Labute approximate surface area is 140 Å². The van der Waals surface area contributed by atoms with Crippen molar-refractivity contribution in [2.24, 2.45) is 0 Å². The predicted octanol–water partition coefficient (Wildman–Crippen LogP) is 3.58. The van der Waals surface area contributed by atoms with Crippen LogP contribution in [0.2, 0.25) is 0 Å². The van der Waals surface area contributed by atoms with Crippen molar-refractivity contribution < 1.29 is 37.0 Å². The van der Waals surface area contributed by atoms with E-state index in [0.717, 1.165) is 19.1 Å². The summed E-state index contributed by atoms with van der Waals surface area (Å²) in [6.45, 7) is 1.12. The summed E-state index contributed by atoms with van der Waals surface area (Å²) in [5.74, 6) is -4.55. The third-order valence-corrected chi connectivity index (χ3v) is 2.95. The summed E-state index contributed by atoms with van der Waals surface area (Å²) < 4.78 is 47.7. The summed E-state index contributed by atoms with van der Waals surface area (Å²) >= 11 is 0. The van der Waals surface area contributed by atoms with Crippen LogP contribution in [0.5, 0.6) is 11.5 Å². The van der Waals surface area contributed by atoms with E-state index in [2.05, 4.69) is 0 Å². The zero-order chi connectivity index (χ0) is 18.6. The van der Waals surface area contributed by atoms with Gasteiger partial charge in [-0.05, 0) is 24.3 Å². The van der Waals surface area contributed by atoms with Crippen LogP contribution in [0.25, 0.3) is 0 Å². The van der Waals surface area contributed by atoms with Crippen LogP contribution < -0.4 is 9.47 Å². The molecule has 0 fully saturated rings. The van der Waals surface area contributed by atoms with Crippen LogP contribution in [-0.2, 0) is 4.79 Å². The van der Waals surface area contributed by atoms with Gasteiger partial charge in [-0.15, -0.1) is 0 Å². The number of benzene rings is 2. The zero-order valence-electron chi connectivity index (χ0n) is 12.8. The molecule has 25 heavy (non-hydrogen) atoms. The van der Waals surface area contributed by atoms with Gasteiger partial charge in [0.05, 0.1) is 5.56 Å². The number of para-hydroxylation sites is 2. The second-order valence-electron chi connectivity index (χ2n) is 4.80. The number of rotatable bonds is 4. The van der Waals surface area contributed by atoms with E-state index >= 15 is 0 Å². The Kier molecular flexibility index (Phi) is 5.21. The standard InChI is InChI=1S/C17H11F3O5/c1-10(21)24-14-9-5-3-7-12(14)16(23)25-13-8-4-2-6-11(13)15(22)17(18,19)20/h2-9H,1H3. The van der Waals surface area contributed by atoms with Gasteiger partial charge in [0.2, 0.25) is 0 Å². The number of hydrogen-bond acceptors (Lipinski definition) is 5. The monoisotopic (exact) mass is 352 g/mol. The number of carbonyl (C=O) groups excluding carboxylic acids is 3. The summed E-state index contributed by atoms with van der Waals surface area (Å²) in [7, 11) is 0. The Morgan fingerprint density at radius 1 is 0.800 bits per heavy atom. The van der Waals surface area contributed by atoms with Gasteiger partial charge in [-0.3, -0.25) is 9.59 Å². The average molecular weight is 352 g/mol. The molecule has 0 unspecified atom stereocenters. The number of esters is 2. The van der Waals surface area contributed by atoms with Crippen molar-refractivity contribution in [2.45, 2.75) is 13.1 Å². The number of alkyl halides is 3. The lowest BCUT2D eigenvalue weighted by Gasteiger charge is -2.12. The minimum absolute atomic E-state index is 0.111. The smallest absolute Gasteiger partial charge is 0.426 e. The fraction of sp³-hybridized carbons (Fsp3) is 0.118. The third-order valence-electron chi connectivity index (χ3n) is 2.95. The Morgan fingerprint density at radius 3 is 1.80 bits per heavy atom. The molecule has 2 aromatic rings. The van der Waals surface area contributed by atoms with Crippen molar-refractivity contribution in [3.8, 4) is 11.5 Å². The van der Waals surface area contributed by atoms with Crippen LogP contribution in [0.15, 0.2) is 48.5 Å². The topological polar surface area (TPSA) is 69.7 Å². The van der Waals surface area contributed by atoms with Crippen LogP contribution in [0.4, 0.5) is 13.2 Å². The van der Waals surface area contributed by atoms with Crippen LogP contribution in [0, 0.1) is 0 Å². The van der Waals surface area contributed by atoms with Gasteiger partial charge in [-0.25, -0.2) is 4.79 Å². The Hall–Kier alpha value is -3.16. The highest BCUT2D eigenvalue weighted by Crippen LogP contribution is 2.29. The second-order valence-corrected chi connectivity index (χ2v) is 4.80. The first-order valence-corrected chi connectivity index (χ1v) is 6.90. The van der Waals surface area contributed by atoms with E-state index in [1.54, 1.807) is 0 Å². The average Bonchev–Trinajstić information content (AvgIpc) is 2.53. The summed E-state index contributed by atoms with van der Waals surface area (Å²) in [5, 5.41) is 0. The molecular weight excluding hydrogens is 341 g/mol. The van der Waals surface area contributed by atoms with E-state index < -0.39 is 35.2 Å². The lowest BCUT2D eigenvalue weighted by atomic mass is 10.1. The molecule has 0 aliphatic rings. The maximum absolute atomic E-state index is 12.6. The Bertz CT molecular complexity index is 827. The maximum atomic E-state index is 12.6. The molecule has 0 heterocycles. The van der Waals surface area contributed by atoms with Crippen molar-refractivity contribution in [1.29, 1.82) is 0 Å². The summed E-state index contributed by atoms with van der Waals surface area (Å²) in [6, 6.07) is 10.0. The number of halogens is 3. The summed E-state index contributed by atoms with van der Waals surface area (Å²) in [4.78, 5) is 34.7. The molecule has 0 N–H and O–H groups in total. The molecule has 0 aliphatic carbocycles. The number of ether oxygens (including phenoxy) is 2. The lowest BCUT2D eigenvalue weighted by molar-refractivity contribution is -0.131. The molecular formula is C17H11F3O5. The van der Waals surface area contributed by atoms with Gasteiger partial charge < -0.3 is 9.47 Å². The highest BCUT2D eigenvalue weighted by molar-refractivity contribution is 6.04. The number of ketones is 1. The predicted molar refractivity (Wildman–Crippen MR) is 79.5 cm³/mol. The molecule has 5 nitrogen and oxygen atoms in total. The minimum atomic E-state index is -5.11. The van der Waals surface area contributed by atoms with E-state index in [-0.39, 0.29) is 11.3 Å². The molecule has 0 atom stereocenters. The van der Waals surface area contributed by atoms with Crippen LogP contribution in [0.1, 0.15) is 27.6 Å². The quantitative estimate of drug-likeness (QED) is 0.478. The number of hydrogen-bond donors (Lipinski definition) is 0. The molecule has 0 spiro atoms. The third kappa shape index (κ3) is 4.43. The van der Waals surface area contributed by atoms with Crippen molar-refractivity contribution in [3.05, 3.63) is 59.7 Å². The van der Waals surface area contributed by atoms with E-state index in [1.807, 2.05) is 0 Å². The van der Waals surface area contributed by atoms with Crippen molar-refractivity contribution in [3.63, 3.8) is 0 Å². The molecule has 0 saturated carbocycles. The Morgan fingerprint density at radius 2 is 1.28 bits per heavy atom. The van der Waals surface area contributed by atoms with Gasteiger partial charge in [-0.2, -0.15) is 13.2 Å². The summed E-state index contributed by atoms with van der Waals surface area (Å²) in [5.41, 5.74) is -0.972. The highest BCUT2D eigenvalue weighted by Gasteiger charge is 2.41. The molecule has 2 rings (SSSR count). The van der Waals surface area contributed by atoms with Crippen LogP contribution in [-0.4, -0.2) is 23.9 Å². The fourth-order valence-corrected chi connectivity index (χ4v) is 1.93. The molecule has 0 radical (unpaired) electrons. The van der Waals surface area contributed by atoms with E-state index in [4.69, 9.17) is 9.47 Å². The normalized spacial score (nSPS) is 10.9. The summed E-state index contributed by atoms with van der Waals surface area (Å²) in [6.07, 6.45) is -5.11. The van der Waals surface area contributed by atoms with Crippen LogP contribution in [0.3, 0.4) is 0 Å². The molecule has 2 aromatic carbocycles. The van der Waals surface area contributed by atoms with Gasteiger partial charge in [0.1, 0.15) is 17.1 Å². The zero-order valence-corrected chi connectivity index (χ0v) is 12.8. The minimum Gasteiger partial charge on any atom is -0.426 e. The SMILES string of the molecule is CC(=O)Oc1ccccc1C(=O)Oc1ccccc1C(=O)C(F)(F)F. The number of Topliss-reactive ketones (excluding diaryl/α,β-unsaturated/α-hetero) is 1. The Balaban J connectivity index is 2.34. The van der Waals surface area contributed by atoms with Crippen LogP contribution >= 0.6 is 0 Å². The van der Waals surface area contributed by atoms with Crippen molar-refractivity contribution in [1.82, 2.24) is 0 Å². The van der Waals surface area contributed by atoms with E-state index in [9.17, 15) is 27.6 Å².